The van der Waals surface area contributed by atoms with E-state index in [0.717, 1.165) is 12.1 Å². The first-order chi connectivity index (χ1) is 13.2. The minimum atomic E-state index is -4.60. The summed E-state index contributed by atoms with van der Waals surface area (Å²) in [4.78, 5) is 27.0. The van der Waals surface area contributed by atoms with Gasteiger partial charge in [0.2, 0.25) is 5.56 Å². The van der Waals surface area contributed by atoms with Crippen LogP contribution in [0.2, 0.25) is 5.02 Å². The van der Waals surface area contributed by atoms with Crippen LogP contribution in [0.5, 0.6) is 0 Å². The molecule has 1 aliphatic heterocycles. The third kappa shape index (κ3) is 4.37. The van der Waals surface area contributed by atoms with Crippen molar-refractivity contribution >= 4 is 17.5 Å². The van der Waals surface area contributed by atoms with Crippen molar-refractivity contribution in [3.8, 4) is 0 Å². The lowest BCUT2D eigenvalue weighted by Crippen LogP contribution is -2.35. The van der Waals surface area contributed by atoms with Gasteiger partial charge in [0.1, 0.15) is 0 Å². The van der Waals surface area contributed by atoms with Gasteiger partial charge >= 0.3 is 6.18 Å². The molecule has 0 radical (unpaired) electrons. The van der Waals surface area contributed by atoms with Crippen molar-refractivity contribution in [3.05, 3.63) is 67.6 Å². The van der Waals surface area contributed by atoms with Crippen molar-refractivity contribution < 1.29 is 18.0 Å². The number of nitrogens with one attached hydrogen (secondary N) is 3. The van der Waals surface area contributed by atoms with Crippen LogP contribution in [0, 0.1) is 0 Å². The second-order valence-electron chi connectivity index (χ2n) is 6.48. The van der Waals surface area contributed by atoms with Crippen LogP contribution < -0.4 is 21.9 Å². The molecule has 1 aromatic heterocycles. The zero-order chi connectivity index (χ0) is 20.5. The fourth-order valence-electron chi connectivity index (χ4n) is 3.09. The number of alkyl halides is 3. The number of fused-ring (bicyclic) bond motifs is 1. The molecule has 10 heteroatoms. The van der Waals surface area contributed by atoms with E-state index in [9.17, 15) is 22.8 Å². The number of carbonyl (C=O) groups excluding carboxylic acids is 1. The Balaban J connectivity index is 1.75. The van der Waals surface area contributed by atoms with E-state index >= 15 is 0 Å². The molecule has 3 rings (SSSR count). The SMILES string of the molecule is NC(CNC(=O)c1cc(=O)[nH]c2c1CNCC2)c1ccc(Cl)c(C(F)(F)F)c1. The summed E-state index contributed by atoms with van der Waals surface area (Å²) >= 11 is 5.61. The molecule has 1 atom stereocenters. The zero-order valence-corrected chi connectivity index (χ0v) is 15.4. The van der Waals surface area contributed by atoms with Gasteiger partial charge in [0.15, 0.2) is 0 Å². The van der Waals surface area contributed by atoms with Gasteiger partial charge in [-0.2, -0.15) is 13.2 Å². The first kappa shape index (κ1) is 20.4. The van der Waals surface area contributed by atoms with Crippen molar-refractivity contribution in [3.63, 3.8) is 0 Å². The van der Waals surface area contributed by atoms with Crippen molar-refractivity contribution in [2.24, 2.45) is 5.73 Å². The first-order valence-electron chi connectivity index (χ1n) is 8.53. The quantitative estimate of drug-likeness (QED) is 0.615. The second kappa shape index (κ2) is 7.94. The molecule has 6 nitrogen and oxygen atoms in total. The Bertz CT molecular complexity index is 959. The second-order valence-corrected chi connectivity index (χ2v) is 6.89. The highest BCUT2D eigenvalue weighted by Crippen LogP contribution is 2.35. The van der Waals surface area contributed by atoms with E-state index < -0.39 is 28.7 Å². The fourth-order valence-corrected chi connectivity index (χ4v) is 3.32. The van der Waals surface area contributed by atoms with Gasteiger partial charge < -0.3 is 21.4 Å². The maximum absolute atomic E-state index is 13.0. The highest BCUT2D eigenvalue weighted by molar-refractivity contribution is 6.31. The van der Waals surface area contributed by atoms with Crippen molar-refractivity contribution in [2.45, 2.75) is 25.2 Å². The number of carbonyl (C=O) groups is 1. The summed E-state index contributed by atoms with van der Waals surface area (Å²) < 4.78 is 39.0. The molecule has 0 saturated carbocycles. The summed E-state index contributed by atoms with van der Waals surface area (Å²) in [7, 11) is 0. The minimum absolute atomic E-state index is 0.104. The van der Waals surface area contributed by atoms with Crippen molar-refractivity contribution in [2.75, 3.05) is 13.1 Å². The van der Waals surface area contributed by atoms with Crippen LogP contribution in [0.3, 0.4) is 0 Å². The third-order valence-corrected chi connectivity index (χ3v) is 4.87. The van der Waals surface area contributed by atoms with Gasteiger partial charge in [-0.15, -0.1) is 0 Å². The molecule has 0 aliphatic carbocycles. The smallest absolute Gasteiger partial charge is 0.350 e. The van der Waals surface area contributed by atoms with E-state index in [2.05, 4.69) is 15.6 Å². The van der Waals surface area contributed by atoms with E-state index in [4.69, 9.17) is 17.3 Å². The number of halogens is 4. The number of aromatic nitrogens is 1. The molecule has 1 aromatic carbocycles. The molecule has 0 fully saturated rings. The number of hydrogen-bond acceptors (Lipinski definition) is 4. The molecule has 1 amide bonds. The van der Waals surface area contributed by atoms with Gasteiger partial charge in [0, 0.05) is 43.9 Å². The number of amides is 1. The Morgan fingerprint density at radius 3 is 2.79 bits per heavy atom. The Hall–Kier alpha value is -2.36. The van der Waals surface area contributed by atoms with Crippen LogP contribution in [-0.4, -0.2) is 24.0 Å². The molecule has 2 aromatic rings. The van der Waals surface area contributed by atoms with Gasteiger partial charge in [0.05, 0.1) is 16.1 Å². The minimum Gasteiger partial charge on any atom is -0.350 e. The van der Waals surface area contributed by atoms with Gasteiger partial charge in [-0.25, -0.2) is 0 Å². The monoisotopic (exact) mass is 414 g/mol. The number of benzene rings is 1. The van der Waals surface area contributed by atoms with Crippen LogP contribution in [0.15, 0.2) is 29.1 Å². The lowest BCUT2D eigenvalue weighted by molar-refractivity contribution is -0.137. The molecule has 0 spiro atoms. The maximum Gasteiger partial charge on any atom is 0.417 e. The normalized spacial score (nSPS) is 15.0. The molecule has 0 bridgehead atoms. The third-order valence-electron chi connectivity index (χ3n) is 4.54. The van der Waals surface area contributed by atoms with Crippen LogP contribution in [0.25, 0.3) is 0 Å². The largest absolute Gasteiger partial charge is 0.417 e. The summed E-state index contributed by atoms with van der Waals surface area (Å²) in [6.07, 6.45) is -4.01. The van der Waals surface area contributed by atoms with E-state index in [0.29, 0.717) is 30.8 Å². The van der Waals surface area contributed by atoms with Crippen LogP contribution in [0.4, 0.5) is 13.2 Å². The zero-order valence-electron chi connectivity index (χ0n) is 14.6. The number of aromatic amines is 1. The van der Waals surface area contributed by atoms with Gasteiger partial charge in [-0.05, 0) is 23.3 Å². The van der Waals surface area contributed by atoms with Crippen LogP contribution in [0.1, 0.15) is 38.8 Å². The molecule has 1 aliphatic rings. The van der Waals surface area contributed by atoms with Gasteiger partial charge in [-0.3, -0.25) is 9.59 Å². The van der Waals surface area contributed by atoms with Crippen molar-refractivity contribution in [1.82, 2.24) is 15.6 Å². The lowest BCUT2D eigenvalue weighted by atomic mass is 10.0. The molecule has 1 unspecified atom stereocenters. The molecule has 28 heavy (non-hydrogen) atoms. The number of nitrogens with two attached hydrogens (primary N) is 1. The fraction of sp³-hybridized carbons (Fsp3) is 0.333. The van der Waals surface area contributed by atoms with Gasteiger partial charge in [0.25, 0.3) is 5.91 Å². The molecule has 5 N–H and O–H groups in total. The average Bonchev–Trinajstić information content (AvgIpc) is 2.64. The molecule has 0 saturated heterocycles. The summed E-state index contributed by atoms with van der Waals surface area (Å²) in [5, 5.41) is 5.29. The molecular formula is C18H18ClF3N4O2. The topological polar surface area (TPSA) is 100 Å². The summed E-state index contributed by atoms with van der Waals surface area (Å²) in [5.74, 6) is -0.508. The first-order valence-corrected chi connectivity index (χ1v) is 8.91. The van der Waals surface area contributed by atoms with E-state index in [1.54, 1.807) is 0 Å². The predicted molar refractivity (Wildman–Crippen MR) is 98.2 cm³/mol. The summed E-state index contributed by atoms with van der Waals surface area (Å²) in [6.45, 7) is 1.02. The number of pyridine rings is 1. The molecule has 150 valence electrons. The highest BCUT2D eigenvalue weighted by atomic mass is 35.5. The van der Waals surface area contributed by atoms with E-state index in [1.807, 2.05) is 0 Å². The van der Waals surface area contributed by atoms with Crippen LogP contribution >= 0.6 is 11.6 Å². The molecule has 2 heterocycles. The standard InChI is InChI=1S/C18H18ClF3N4O2/c19-13-2-1-9(5-12(13)18(20,21)22)14(23)8-25-17(28)10-6-16(27)26-15-3-4-24-7-11(10)15/h1-2,5-6,14,24H,3-4,7-8,23H2,(H,25,28)(H,26,27). The predicted octanol–water partition coefficient (Wildman–Crippen LogP) is 2.12. The Morgan fingerprint density at radius 2 is 2.07 bits per heavy atom. The lowest BCUT2D eigenvalue weighted by Gasteiger charge is -2.20. The maximum atomic E-state index is 13.0. The average molecular weight is 415 g/mol. The van der Waals surface area contributed by atoms with Gasteiger partial charge in [-0.1, -0.05) is 17.7 Å². The van der Waals surface area contributed by atoms with Crippen LogP contribution in [-0.2, 0) is 19.1 Å². The van der Waals surface area contributed by atoms with E-state index in [1.165, 1.54) is 12.1 Å². The number of H-pyrrole nitrogens is 1. The van der Waals surface area contributed by atoms with E-state index in [-0.39, 0.29) is 23.2 Å². The Kier molecular flexibility index (Phi) is 5.78. The number of hydrogen-bond donors (Lipinski definition) is 4. The number of rotatable bonds is 4. The summed E-state index contributed by atoms with van der Waals surface area (Å²) in [6, 6.07) is 3.71. The Labute approximate surface area is 163 Å². The highest BCUT2D eigenvalue weighted by Gasteiger charge is 2.33. The Morgan fingerprint density at radius 1 is 1.32 bits per heavy atom. The molecular weight excluding hydrogens is 397 g/mol. The van der Waals surface area contributed by atoms with Crippen molar-refractivity contribution in [1.29, 1.82) is 0 Å². The summed E-state index contributed by atoms with van der Waals surface area (Å²) in [5.41, 5.74) is 6.39.